The van der Waals surface area contributed by atoms with E-state index < -0.39 is 0 Å². The van der Waals surface area contributed by atoms with Gasteiger partial charge in [0, 0.05) is 34.0 Å². The van der Waals surface area contributed by atoms with Crippen LogP contribution in [-0.2, 0) is 0 Å². The number of hydrogen-bond donors (Lipinski definition) is 1. The second-order valence-electron chi connectivity index (χ2n) is 5.44. The summed E-state index contributed by atoms with van der Waals surface area (Å²) in [5, 5.41) is 2.05. The van der Waals surface area contributed by atoms with Gasteiger partial charge in [-0.3, -0.25) is 4.98 Å². The third-order valence-corrected chi connectivity index (χ3v) is 4.75. The highest BCUT2D eigenvalue weighted by Crippen LogP contribution is 2.34. The van der Waals surface area contributed by atoms with Crippen LogP contribution in [0.25, 0.3) is 33.9 Å². The first kappa shape index (κ1) is 14.8. The Balaban J connectivity index is 1.92. The minimum atomic E-state index is -0.256. The normalized spacial score (nSPS) is 10.9. The zero-order chi connectivity index (χ0) is 16.5. The molecule has 0 bridgehead atoms. The van der Waals surface area contributed by atoms with Gasteiger partial charge in [0.1, 0.15) is 11.6 Å². The Hall–Kier alpha value is -2.79. The average Bonchev–Trinajstić information content (AvgIpc) is 3.22. The second-order valence-corrected chi connectivity index (χ2v) is 6.56. The maximum atomic E-state index is 13.3. The molecular formula is C19H14FN3S. The van der Waals surface area contributed by atoms with Crippen LogP contribution in [0.1, 0.15) is 4.88 Å². The molecule has 0 radical (unpaired) electrons. The van der Waals surface area contributed by atoms with Crippen molar-refractivity contribution >= 4 is 11.3 Å². The molecule has 0 fully saturated rings. The van der Waals surface area contributed by atoms with Gasteiger partial charge in [-0.2, -0.15) is 0 Å². The Labute approximate surface area is 142 Å². The number of aromatic amines is 1. The lowest BCUT2D eigenvalue weighted by atomic mass is 10.1. The lowest BCUT2D eigenvalue weighted by Gasteiger charge is -2.02. The summed E-state index contributed by atoms with van der Waals surface area (Å²) < 4.78 is 13.3. The molecule has 3 aromatic heterocycles. The number of benzene rings is 1. The van der Waals surface area contributed by atoms with E-state index in [4.69, 9.17) is 4.98 Å². The van der Waals surface area contributed by atoms with E-state index in [0.29, 0.717) is 0 Å². The van der Waals surface area contributed by atoms with E-state index in [2.05, 4.69) is 28.3 Å². The number of imidazole rings is 1. The predicted octanol–water partition coefficient (Wildman–Crippen LogP) is 5.31. The molecule has 0 saturated carbocycles. The third kappa shape index (κ3) is 2.63. The number of aromatic nitrogens is 3. The molecule has 0 amide bonds. The van der Waals surface area contributed by atoms with E-state index in [1.807, 2.05) is 12.1 Å². The Morgan fingerprint density at radius 3 is 2.38 bits per heavy atom. The van der Waals surface area contributed by atoms with E-state index in [1.54, 1.807) is 35.9 Å². The van der Waals surface area contributed by atoms with E-state index in [0.717, 1.165) is 33.9 Å². The molecule has 3 nitrogen and oxygen atoms in total. The number of aryl methyl sites for hydroxylation is 1. The van der Waals surface area contributed by atoms with Crippen LogP contribution in [0.4, 0.5) is 4.39 Å². The van der Waals surface area contributed by atoms with Gasteiger partial charge in [-0.1, -0.05) is 0 Å². The number of rotatable bonds is 3. The molecule has 118 valence electrons. The largest absolute Gasteiger partial charge is 0.337 e. The standard InChI is InChI=1S/C19H14FN3S/c1-12-16(8-11-24-12)19-22-17(13-2-4-15(20)5-3-13)18(23-19)14-6-9-21-10-7-14/h2-11H,1H3,(H,22,23). The van der Waals surface area contributed by atoms with Gasteiger partial charge in [-0.25, -0.2) is 9.37 Å². The summed E-state index contributed by atoms with van der Waals surface area (Å²) in [6.07, 6.45) is 3.50. The molecule has 5 heteroatoms. The van der Waals surface area contributed by atoms with Gasteiger partial charge in [-0.05, 0) is 54.8 Å². The van der Waals surface area contributed by atoms with Crippen molar-refractivity contribution in [3.63, 3.8) is 0 Å². The summed E-state index contributed by atoms with van der Waals surface area (Å²) >= 11 is 1.69. The van der Waals surface area contributed by atoms with Crippen molar-refractivity contribution in [2.45, 2.75) is 6.92 Å². The average molecular weight is 335 g/mol. The lowest BCUT2D eigenvalue weighted by Crippen LogP contribution is -1.84. The number of thiophene rings is 1. The summed E-state index contributed by atoms with van der Waals surface area (Å²) in [6.45, 7) is 2.08. The molecule has 3 heterocycles. The molecule has 1 N–H and O–H groups in total. The minimum Gasteiger partial charge on any atom is -0.337 e. The summed E-state index contributed by atoms with van der Waals surface area (Å²) in [4.78, 5) is 13.5. The zero-order valence-corrected chi connectivity index (χ0v) is 13.8. The molecule has 24 heavy (non-hydrogen) atoms. The molecule has 0 unspecified atom stereocenters. The summed E-state index contributed by atoms with van der Waals surface area (Å²) in [5.74, 6) is 0.563. The van der Waals surface area contributed by atoms with Gasteiger partial charge < -0.3 is 4.98 Å². The summed E-state index contributed by atoms with van der Waals surface area (Å²) in [6, 6.07) is 12.3. The van der Waals surface area contributed by atoms with Crippen LogP contribution in [0.5, 0.6) is 0 Å². The van der Waals surface area contributed by atoms with Crippen molar-refractivity contribution in [3.05, 3.63) is 70.9 Å². The van der Waals surface area contributed by atoms with Crippen LogP contribution < -0.4 is 0 Å². The number of nitrogens with zero attached hydrogens (tertiary/aromatic N) is 2. The SMILES string of the molecule is Cc1sccc1-c1nc(-c2ccc(F)cc2)c(-c2ccncc2)[nH]1. The van der Waals surface area contributed by atoms with Gasteiger partial charge in [0.05, 0.1) is 11.4 Å². The van der Waals surface area contributed by atoms with E-state index in [9.17, 15) is 4.39 Å². The van der Waals surface area contributed by atoms with Gasteiger partial charge in [-0.15, -0.1) is 11.3 Å². The Bertz CT molecular complexity index is 972. The van der Waals surface area contributed by atoms with Crippen molar-refractivity contribution in [1.29, 1.82) is 0 Å². The monoisotopic (exact) mass is 335 g/mol. The molecule has 0 atom stereocenters. The first-order valence-electron chi connectivity index (χ1n) is 7.53. The van der Waals surface area contributed by atoms with Crippen LogP contribution in [0.2, 0.25) is 0 Å². The molecule has 0 aliphatic rings. The maximum Gasteiger partial charge on any atom is 0.139 e. The molecule has 0 aliphatic carbocycles. The summed E-state index contributed by atoms with van der Waals surface area (Å²) in [7, 11) is 0. The van der Waals surface area contributed by atoms with Gasteiger partial charge in [0.15, 0.2) is 0 Å². The quantitative estimate of drug-likeness (QED) is 0.551. The Morgan fingerprint density at radius 2 is 1.71 bits per heavy atom. The van der Waals surface area contributed by atoms with Crippen molar-refractivity contribution in [1.82, 2.24) is 15.0 Å². The van der Waals surface area contributed by atoms with Crippen molar-refractivity contribution in [2.24, 2.45) is 0 Å². The summed E-state index contributed by atoms with van der Waals surface area (Å²) in [5.41, 5.74) is 4.67. The van der Waals surface area contributed by atoms with Crippen molar-refractivity contribution in [3.8, 4) is 33.9 Å². The minimum absolute atomic E-state index is 0.256. The lowest BCUT2D eigenvalue weighted by molar-refractivity contribution is 0.628. The van der Waals surface area contributed by atoms with Crippen LogP contribution in [-0.4, -0.2) is 15.0 Å². The molecule has 1 aromatic carbocycles. The number of H-pyrrole nitrogens is 1. The topological polar surface area (TPSA) is 41.6 Å². The number of nitrogens with one attached hydrogen (secondary N) is 1. The molecule has 0 spiro atoms. The van der Waals surface area contributed by atoms with Crippen LogP contribution >= 0.6 is 11.3 Å². The van der Waals surface area contributed by atoms with Gasteiger partial charge in [0.25, 0.3) is 0 Å². The molecular weight excluding hydrogens is 321 g/mol. The maximum absolute atomic E-state index is 13.3. The fourth-order valence-corrected chi connectivity index (χ4v) is 3.38. The van der Waals surface area contributed by atoms with Gasteiger partial charge in [0.2, 0.25) is 0 Å². The molecule has 0 aliphatic heterocycles. The smallest absolute Gasteiger partial charge is 0.139 e. The van der Waals surface area contributed by atoms with Crippen LogP contribution in [0, 0.1) is 12.7 Å². The molecule has 4 aromatic rings. The zero-order valence-electron chi connectivity index (χ0n) is 13.0. The van der Waals surface area contributed by atoms with E-state index in [-0.39, 0.29) is 5.82 Å². The third-order valence-electron chi connectivity index (χ3n) is 3.90. The first-order valence-corrected chi connectivity index (χ1v) is 8.41. The highest BCUT2D eigenvalue weighted by atomic mass is 32.1. The van der Waals surface area contributed by atoms with Crippen LogP contribution in [0.3, 0.4) is 0 Å². The number of halogens is 1. The first-order chi connectivity index (χ1) is 11.7. The number of hydrogen-bond acceptors (Lipinski definition) is 3. The fourth-order valence-electron chi connectivity index (χ4n) is 2.68. The van der Waals surface area contributed by atoms with Gasteiger partial charge >= 0.3 is 0 Å². The van der Waals surface area contributed by atoms with E-state index >= 15 is 0 Å². The Morgan fingerprint density at radius 1 is 0.958 bits per heavy atom. The fraction of sp³-hybridized carbons (Fsp3) is 0.0526. The Kier molecular flexibility index (Phi) is 3.70. The van der Waals surface area contributed by atoms with Crippen molar-refractivity contribution in [2.75, 3.05) is 0 Å². The van der Waals surface area contributed by atoms with E-state index in [1.165, 1.54) is 17.0 Å². The predicted molar refractivity (Wildman–Crippen MR) is 95.3 cm³/mol. The van der Waals surface area contributed by atoms with Crippen LogP contribution in [0.15, 0.2) is 60.2 Å². The number of pyridine rings is 1. The van der Waals surface area contributed by atoms with Crippen molar-refractivity contribution < 1.29 is 4.39 Å². The second kappa shape index (κ2) is 6.02. The molecule has 4 rings (SSSR count). The molecule has 0 saturated heterocycles. The highest BCUT2D eigenvalue weighted by molar-refractivity contribution is 7.10. The highest BCUT2D eigenvalue weighted by Gasteiger charge is 2.16.